The highest BCUT2D eigenvalue weighted by molar-refractivity contribution is 9.10. The van der Waals surface area contributed by atoms with Gasteiger partial charge in [-0.2, -0.15) is 0 Å². The molecule has 0 unspecified atom stereocenters. The van der Waals surface area contributed by atoms with Crippen LogP contribution in [-0.4, -0.2) is 41.6 Å². The first-order valence-corrected chi connectivity index (χ1v) is 6.93. The molecule has 1 aromatic rings. The van der Waals surface area contributed by atoms with Crippen molar-refractivity contribution in [1.29, 1.82) is 0 Å². The third kappa shape index (κ3) is 4.19. The molecule has 0 aliphatic rings. The van der Waals surface area contributed by atoms with Crippen LogP contribution in [0.15, 0.2) is 4.47 Å². The second-order valence-corrected chi connectivity index (χ2v) is 4.79. The summed E-state index contributed by atoms with van der Waals surface area (Å²) >= 11 is 3.38. The van der Waals surface area contributed by atoms with Crippen LogP contribution >= 0.6 is 15.9 Å². The fourth-order valence-corrected chi connectivity index (χ4v) is 2.00. The molecule has 6 heteroatoms. The lowest BCUT2D eigenvalue weighted by molar-refractivity contribution is 0.180. The SMILES string of the molecule is CCN(CC)CCc1nc(N)c(Br)c(COC)n1. The maximum Gasteiger partial charge on any atom is 0.141 e. The molecule has 0 atom stereocenters. The van der Waals surface area contributed by atoms with Crippen molar-refractivity contribution in [2.75, 3.05) is 32.5 Å². The molecule has 5 nitrogen and oxygen atoms in total. The smallest absolute Gasteiger partial charge is 0.141 e. The molecule has 0 aromatic carbocycles. The first-order valence-electron chi connectivity index (χ1n) is 6.14. The van der Waals surface area contributed by atoms with Gasteiger partial charge in [0.1, 0.15) is 11.6 Å². The fourth-order valence-electron chi connectivity index (χ4n) is 1.71. The number of halogens is 1. The summed E-state index contributed by atoms with van der Waals surface area (Å²) in [5.41, 5.74) is 6.66. The minimum absolute atomic E-state index is 0.436. The number of likely N-dealkylation sites (N-methyl/N-ethyl adjacent to an activating group) is 1. The molecule has 1 aromatic heterocycles. The van der Waals surface area contributed by atoms with Gasteiger partial charge in [-0.15, -0.1) is 0 Å². The lowest BCUT2D eigenvalue weighted by Gasteiger charge is -2.17. The van der Waals surface area contributed by atoms with Crippen LogP contribution in [0.3, 0.4) is 0 Å². The van der Waals surface area contributed by atoms with Gasteiger partial charge in [0, 0.05) is 20.1 Å². The van der Waals surface area contributed by atoms with E-state index >= 15 is 0 Å². The van der Waals surface area contributed by atoms with Crippen LogP contribution in [0.4, 0.5) is 5.82 Å². The Hall–Kier alpha value is -0.720. The number of hydrogen-bond donors (Lipinski definition) is 1. The normalized spacial score (nSPS) is 11.2. The number of nitrogens with zero attached hydrogens (tertiary/aromatic N) is 3. The quantitative estimate of drug-likeness (QED) is 0.831. The summed E-state index contributed by atoms with van der Waals surface area (Å²) in [6.07, 6.45) is 0.801. The number of methoxy groups -OCH3 is 1. The third-order valence-electron chi connectivity index (χ3n) is 2.82. The zero-order valence-corrected chi connectivity index (χ0v) is 12.8. The van der Waals surface area contributed by atoms with Gasteiger partial charge >= 0.3 is 0 Å². The van der Waals surface area contributed by atoms with E-state index in [-0.39, 0.29) is 0 Å². The molecule has 0 bridgehead atoms. The predicted molar refractivity (Wildman–Crippen MR) is 76.3 cm³/mol. The number of aromatic nitrogens is 2. The average Bonchev–Trinajstić information content (AvgIpc) is 2.36. The standard InChI is InChI=1S/C12H21BrN4O/c1-4-17(5-2)7-6-10-15-9(8-18-3)11(13)12(14)16-10/h4-8H2,1-3H3,(H2,14,15,16). The number of rotatable bonds is 7. The van der Waals surface area contributed by atoms with Gasteiger partial charge in [0.25, 0.3) is 0 Å². The van der Waals surface area contributed by atoms with E-state index in [9.17, 15) is 0 Å². The van der Waals surface area contributed by atoms with Crippen LogP contribution in [0.5, 0.6) is 0 Å². The summed E-state index contributed by atoms with van der Waals surface area (Å²) in [6, 6.07) is 0. The highest BCUT2D eigenvalue weighted by atomic mass is 79.9. The van der Waals surface area contributed by atoms with Gasteiger partial charge in [-0.25, -0.2) is 9.97 Å². The lowest BCUT2D eigenvalue weighted by Crippen LogP contribution is -2.26. The molecule has 2 N–H and O–H groups in total. The van der Waals surface area contributed by atoms with Gasteiger partial charge in [0.2, 0.25) is 0 Å². The predicted octanol–water partition coefficient (Wildman–Crippen LogP) is 1.85. The molecular weight excluding hydrogens is 296 g/mol. The van der Waals surface area contributed by atoms with Crippen LogP contribution in [0.2, 0.25) is 0 Å². The molecular formula is C12H21BrN4O. The molecule has 0 fully saturated rings. The second kappa shape index (κ2) is 7.66. The zero-order chi connectivity index (χ0) is 13.5. The average molecular weight is 317 g/mol. The second-order valence-electron chi connectivity index (χ2n) is 4.00. The van der Waals surface area contributed by atoms with Gasteiger partial charge in [-0.05, 0) is 29.0 Å². The molecule has 0 saturated carbocycles. The molecule has 0 saturated heterocycles. The molecule has 0 aliphatic heterocycles. The minimum Gasteiger partial charge on any atom is -0.383 e. The molecule has 1 heterocycles. The molecule has 102 valence electrons. The number of hydrogen-bond acceptors (Lipinski definition) is 5. The summed E-state index contributed by atoms with van der Waals surface area (Å²) in [4.78, 5) is 11.1. The Kier molecular flexibility index (Phi) is 6.52. The number of ether oxygens (including phenoxy) is 1. The van der Waals surface area contributed by atoms with Crippen molar-refractivity contribution in [1.82, 2.24) is 14.9 Å². The van der Waals surface area contributed by atoms with Gasteiger partial charge < -0.3 is 15.4 Å². The lowest BCUT2D eigenvalue weighted by atomic mass is 10.3. The summed E-state index contributed by atoms with van der Waals surface area (Å²) in [5, 5.41) is 0. The number of anilines is 1. The van der Waals surface area contributed by atoms with Gasteiger partial charge in [0.05, 0.1) is 16.8 Å². The zero-order valence-electron chi connectivity index (χ0n) is 11.2. The van der Waals surface area contributed by atoms with Crippen molar-refractivity contribution in [2.45, 2.75) is 26.9 Å². The van der Waals surface area contributed by atoms with Crippen molar-refractivity contribution in [3.63, 3.8) is 0 Å². The van der Waals surface area contributed by atoms with Gasteiger partial charge in [-0.3, -0.25) is 0 Å². The highest BCUT2D eigenvalue weighted by Crippen LogP contribution is 2.21. The van der Waals surface area contributed by atoms with E-state index < -0.39 is 0 Å². The van der Waals surface area contributed by atoms with E-state index in [2.05, 4.69) is 44.6 Å². The van der Waals surface area contributed by atoms with E-state index in [1.807, 2.05) is 0 Å². The molecule has 0 aliphatic carbocycles. The van der Waals surface area contributed by atoms with E-state index in [4.69, 9.17) is 10.5 Å². The first-order chi connectivity index (χ1) is 8.62. The van der Waals surface area contributed by atoms with E-state index in [1.54, 1.807) is 7.11 Å². The Bertz CT molecular complexity index is 383. The van der Waals surface area contributed by atoms with Crippen molar-refractivity contribution in [2.24, 2.45) is 0 Å². The Labute approximate surface area is 117 Å². The summed E-state index contributed by atoms with van der Waals surface area (Å²) in [7, 11) is 1.64. The summed E-state index contributed by atoms with van der Waals surface area (Å²) in [5.74, 6) is 1.25. The Balaban J connectivity index is 2.77. The fraction of sp³-hybridized carbons (Fsp3) is 0.667. The van der Waals surface area contributed by atoms with E-state index in [0.29, 0.717) is 12.4 Å². The molecule has 1 rings (SSSR count). The molecule has 18 heavy (non-hydrogen) atoms. The topological polar surface area (TPSA) is 64.3 Å². The van der Waals surface area contributed by atoms with Crippen LogP contribution < -0.4 is 5.73 Å². The molecule has 0 spiro atoms. The summed E-state index contributed by atoms with van der Waals surface area (Å²) in [6.45, 7) is 7.75. The van der Waals surface area contributed by atoms with Crippen LogP contribution in [0.25, 0.3) is 0 Å². The molecule has 0 radical (unpaired) electrons. The van der Waals surface area contributed by atoms with Gasteiger partial charge in [0.15, 0.2) is 0 Å². The maximum atomic E-state index is 5.86. The van der Waals surface area contributed by atoms with Gasteiger partial charge in [-0.1, -0.05) is 13.8 Å². The van der Waals surface area contributed by atoms with Crippen molar-refractivity contribution in [3.05, 3.63) is 16.0 Å². The Morgan fingerprint density at radius 1 is 1.28 bits per heavy atom. The first kappa shape index (κ1) is 15.3. The van der Waals surface area contributed by atoms with Crippen molar-refractivity contribution >= 4 is 21.7 Å². The monoisotopic (exact) mass is 316 g/mol. The van der Waals surface area contributed by atoms with Crippen LogP contribution in [-0.2, 0) is 17.8 Å². The maximum absolute atomic E-state index is 5.86. The largest absolute Gasteiger partial charge is 0.383 e. The third-order valence-corrected chi connectivity index (χ3v) is 3.68. The van der Waals surface area contributed by atoms with E-state index in [1.165, 1.54) is 0 Å². The van der Waals surface area contributed by atoms with Crippen molar-refractivity contribution in [3.8, 4) is 0 Å². The Morgan fingerprint density at radius 3 is 2.50 bits per heavy atom. The number of nitrogens with two attached hydrogens (primary N) is 1. The van der Waals surface area contributed by atoms with Crippen molar-refractivity contribution < 1.29 is 4.74 Å². The van der Waals surface area contributed by atoms with Crippen LogP contribution in [0, 0.1) is 0 Å². The summed E-state index contributed by atoms with van der Waals surface area (Å²) < 4.78 is 5.83. The minimum atomic E-state index is 0.436. The molecule has 0 amide bonds. The Morgan fingerprint density at radius 2 is 1.94 bits per heavy atom. The highest BCUT2D eigenvalue weighted by Gasteiger charge is 2.10. The number of nitrogen functional groups attached to an aromatic ring is 1. The van der Waals surface area contributed by atoms with Crippen LogP contribution in [0.1, 0.15) is 25.4 Å². The van der Waals surface area contributed by atoms with E-state index in [0.717, 1.165) is 42.0 Å².